The van der Waals surface area contributed by atoms with Gasteiger partial charge in [-0.25, -0.2) is 8.42 Å². The Labute approximate surface area is 190 Å². The van der Waals surface area contributed by atoms with Crippen LogP contribution in [0.3, 0.4) is 0 Å². The van der Waals surface area contributed by atoms with Crippen LogP contribution in [0.15, 0.2) is 33.9 Å². The van der Waals surface area contributed by atoms with Crippen molar-refractivity contribution in [2.45, 2.75) is 68.0 Å². The van der Waals surface area contributed by atoms with Gasteiger partial charge in [-0.2, -0.15) is 0 Å². The first kappa shape index (κ1) is 21.7. The number of nitrogens with two attached hydrogens (primary N) is 1. The van der Waals surface area contributed by atoms with Crippen molar-refractivity contribution in [2.75, 3.05) is 7.05 Å². The van der Waals surface area contributed by atoms with Crippen LogP contribution in [0, 0.1) is 34.5 Å². The Balaban J connectivity index is 1.44. The number of rotatable bonds is 3. The quantitative estimate of drug-likeness (QED) is 0.734. The minimum atomic E-state index is -3.50. The van der Waals surface area contributed by atoms with Crippen LogP contribution >= 0.6 is 11.3 Å². The number of likely N-dealkylation sites (N-methyl/N-ethyl adjacent to an activating group) is 1. The van der Waals surface area contributed by atoms with E-state index in [0.717, 1.165) is 38.5 Å². The highest BCUT2D eigenvalue weighted by atomic mass is 32.2. The summed E-state index contributed by atoms with van der Waals surface area (Å²) in [4.78, 5) is 14.2. The monoisotopic (exact) mass is 462 g/mol. The molecule has 1 aromatic rings. The summed E-state index contributed by atoms with van der Waals surface area (Å²) in [5.74, 6) is 1.75. The Bertz CT molecular complexity index is 1000. The lowest BCUT2D eigenvalue weighted by Gasteiger charge is -2.60. The minimum Gasteiger partial charge on any atom is -0.338 e. The summed E-state index contributed by atoms with van der Waals surface area (Å²) in [6.45, 7) is 4.66. The van der Waals surface area contributed by atoms with E-state index in [2.05, 4.69) is 19.9 Å². The molecule has 0 bridgehead atoms. The fraction of sp³-hybridized carbons (Fsp3) is 0.708. The van der Waals surface area contributed by atoms with Gasteiger partial charge in [0, 0.05) is 18.5 Å². The molecule has 2 N–H and O–H groups in total. The first-order chi connectivity index (χ1) is 14.6. The summed E-state index contributed by atoms with van der Waals surface area (Å²) in [7, 11) is -1.55. The predicted octanol–water partition coefficient (Wildman–Crippen LogP) is 4.06. The summed E-state index contributed by atoms with van der Waals surface area (Å²) in [5.41, 5.74) is 6.51. The van der Waals surface area contributed by atoms with E-state index in [-0.39, 0.29) is 28.7 Å². The topological polar surface area (TPSA) is 80.5 Å². The first-order valence-electron chi connectivity index (χ1n) is 11.6. The fourth-order valence-electron chi connectivity index (χ4n) is 8.09. The molecule has 5 nitrogen and oxygen atoms in total. The highest BCUT2D eigenvalue weighted by Crippen LogP contribution is 2.66. The van der Waals surface area contributed by atoms with Gasteiger partial charge in [0.1, 0.15) is 9.58 Å². The van der Waals surface area contributed by atoms with Gasteiger partial charge in [-0.1, -0.05) is 26.0 Å². The maximum atomic E-state index is 13.2. The fourth-order valence-corrected chi connectivity index (χ4v) is 11.0. The summed E-state index contributed by atoms with van der Waals surface area (Å²) < 4.78 is 26.8. The Kier molecular flexibility index (Phi) is 5.00. The predicted molar refractivity (Wildman–Crippen MR) is 123 cm³/mol. The molecule has 1 aromatic heterocycles. The molecular formula is C24H34N2O3S2. The number of hydrogen-bond donors (Lipinski definition) is 1. The molecule has 1 unspecified atom stereocenters. The average Bonchev–Trinajstić information content (AvgIpc) is 3.38. The lowest BCUT2D eigenvalue weighted by Crippen LogP contribution is -2.60. The second-order valence-electron chi connectivity index (χ2n) is 10.8. The number of amides is 1. The molecule has 2 heterocycles. The molecular weight excluding hydrogens is 428 g/mol. The molecule has 5 rings (SSSR count). The van der Waals surface area contributed by atoms with Gasteiger partial charge in [-0.3, -0.25) is 4.79 Å². The van der Waals surface area contributed by atoms with E-state index >= 15 is 0 Å². The Morgan fingerprint density at radius 2 is 1.94 bits per heavy atom. The van der Waals surface area contributed by atoms with Gasteiger partial charge in [-0.05, 0) is 85.1 Å². The number of hydrogen-bond acceptors (Lipinski definition) is 5. The van der Waals surface area contributed by atoms with Crippen molar-refractivity contribution in [3.8, 4) is 0 Å². The number of carbonyl (C=O) groups excluding carboxylic acids is 1. The number of carbonyl (C=O) groups is 1. The molecule has 0 radical (unpaired) electrons. The lowest BCUT2D eigenvalue weighted by atomic mass is 9.47. The van der Waals surface area contributed by atoms with Crippen molar-refractivity contribution in [1.82, 2.24) is 4.90 Å². The number of nitrogens with zero attached hydrogens (tertiary/aromatic N) is 1. The van der Waals surface area contributed by atoms with Crippen molar-refractivity contribution in [3.63, 3.8) is 0 Å². The third kappa shape index (κ3) is 2.95. The molecule has 3 saturated carbocycles. The van der Waals surface area contributed by atoms with Crippen molar-refractivity contribution >= 4 is 27.1 Å². The van der Waals surface area contributed by atoms with Crippen LogP contribution in [0.25, 0.3) is 0 Å². The van der Waals surface area contributed by atoms with Crippen LogP contribution in [0.1, 0.15) is 52.4 Å². The largest absolute Gasteiger partial charge is 0.338 e. The zero-order chi connectivity index (χ0) is 22.2. The van der Waals surface area contributed by atoms with Crippen LogP contribution in [0.4, 0.5) is 0 Å². The number of thiophene rings is 1. The van der Waals surface area contributed by atoms with Crippen molar-refractivity contribution in [1.29, 1.82) is 0 Å². The third-order valence-electron chi connectivity index (χ3n) is 9.73. The molecule has 3 fully saturated rings. The van der Waals surface area contributed by atoms with Gasteiger partial charge < -0.3 is 10.6 Å². The maximum absolute atomic E-state index is 13.2. The molecule has 1 amide bonds. The van der Waals surface area contributed by atoms with Crippen LogP contribution in [0.2, 0.25) is 0 Å². The van der Waals surface area contributed by atoms with Gasteiger partial charge in [0.25, 0.3) is 0 Å². The molecule has 0 aromatic carbocycles. The van der Waals surface area contributed by atoms with E-state index in [9.17, 15) is 13.2 Å². The molecule has 4 aliphatic rings. The highest BCUT2D eigenvalue weighted by molar-refractivity contribution is 7.94. The molecule has 7 heteroatoms. The molecule has 0 spiro atoms. The van der Waals surface area contributed by atoms with E-state index < -0.39 is 15.2 Å². The standard InChI is InChI=1S/C24H34N2O3S2/c1-23-12-10-17-15(6-9-19-24(17,2)13-11-20(27)26(19)3)16(23)7-8-18(23)22(25)31(28,29)21-5-4-14-30-21/h4-5,11,13-19,22H,6-10,12,25H2,1-3H3/t15-,16-,17-,18+,19+,22?,23-,24+/m0/s1. The van der Waals surface area contributed by atoms with Gasteiger partial charge in [0.2, 0.25) is 15.7 Å². The molecule has 1 aliphatic heterocycles. The minimum absolute atomic E-state index is 0.00206. The SMILES string of the molecule is CN1C(=O)C=C[C@]2(C)[C@H]3CC[C@]4(C)[C@@H](C(N)S(=O)(=O)c5cccs5)CC[C@H]4[C@@H]3CC[C@@H]12. The summed E-state index contributed by atoms with van der Waals surface area (Å²) in [6.07, 6.45) is 10.2. The molecule has 0 saturated heterocycles. The van der Waals surface area contributed by atoms with E-state index in [1.54, 1.807) is 18.2 Å². The second-order valence-corrected chi connectivity index (χ2v) is 14.1. The summed E-state index contributed by atoms with van der Waals surface area (Å²) >= 11 is 1.27. The average molecular weight is 463 g/mol. The Hall–Kier alpha value is -1.18. The van der Waals surface area contributed by atoms with Crippen LogP contribution in [-0.4, -0.2) is 37.7 Å². The molecule has 31 heavy (non-hydrogen) atoms. The normalized spacial score (nSPS) is 43.3. The van der Waals surface area contributed by atoms with Crippen molar-refractivity contribution in [2.24, 2.45) is 40.2 Å². The van der Waals surface area contributed by atoms with Gasteiger partial charge in [-0.15, -0.1) is 11.3 Å². The van der Waals surface area contributed by atoms with E-state index in [1.165, 1.54) is 11.3 Å². The Morgan fingerprint density at radius 1 is 1.16 bits per heavy atom. The first-order valence-corrected chi connectivity index (χ1v) is 14.0. The van der Waals surface area contributed by atoms with Gasteiger partial charge in [0.05, 0.1) is 0 Å². The van der Waals surface area contributed by atoms with Crippen LogP contribution in [0.5, 0.6) is 0 Å². The maximum Gasteiger partial charge on any atom is 0.246 e. The van der Waals surface area contributed by atoms with Crippen LogP contribution < -0.4 is 5.73 Å². The number of fused-ring (bicyclic) bond motifs is 5. The van der Waals surface area contributed by atoms with Gasteiger partial charge >= 0.3 is 0 Å². The third-order valence-corrected chi connectivity index (χ3v) is 13.1. The molecule has 3 aliphatic carbocycles. The smallest absolute Gasteiger partial charge is 0.246 e. The van der Waals surface area contributed by atoms with E-state index in [1.807, 2.05) is 17.3 Å². The second kappa shape index (κ2) is 7.16. The number of sulfone groups is 1. The summed E-state index contributed by atoms with van der Waals surface area (Å²) in [6, 6.07) is 3.74. The lowest BCUT2D eigenvalue weighted by molar-refractivity contribution is -0.138. The van der Waals surface area contributed by atoms with Crippen molar-refractivity contribution in [3.05, 3.63) is 29.7 Å². The van der Waals surface area contributed by atoms with E-state index in [0.29, 0.717) is 22.0 Å². The molecule has 170 valence electrons. The Morgan fingerprint density at radius 3 is 2.65 bits per heavy atom. The molecule has 8 atom stereocenters. The zero-order valence-corrected chi connectivity index (χ0v) is 20.3. The van der Waals surface area contributed by atoms with Crippen molar-refractivity contribution < 1.29 is 13.2 Å². The zero-order valence-electron chi connectivity index (χ0n) is 18.7. The van der Waals surface area contributed by atoms with Crippen LogP contribution in [-0.2, 0) is 14.6 Å². The van der Waals surface area contributed by atoms with E-state index in [4.69, 9.17) is 5.73 Å². The summed E-state index contributed by atoms with van der Waals surface area (Å²) in [5, 5.41) is 0.978. The van der Waals surface area contributed by atoms with Gasteiger partial charge in [0.15, 0.2) is 0 Å². The highest BCUT2D eigenvalue weighted by Gasteiger charge is 2.62.